The summed E-state index contributed by atoms with van der Waals surface area (Å²) in [6.07, 6.45) is 8.09. The van der Waals surface area contributed by atoms with Crippen molar-refractivity contribution in [2.75, 3.05) is 0 Å². The monoisotopic (exact) mass is 524 g/mol. The van der Waals surface area contributed by atoms with Crippen LogP contribution in [0.5, 0.6) is 5.88 Å². The number of rotatable bonds is 10. The minimum absolute atomic E-state index is 0.0864. The zero-order chi connectivity index (χ0) is 27.9. The summed E-state index contributed by atoms with van der Waals surface area (Å²) in [7, 11) is 0. The van der Waals surface area contributed by atoms with Gasteiger partial charge in [0.05, 0.1) is 16.9 Å². The number of hydrogen-bond acceptors (Lipinski definition) is 5. The van der Waals surface area contributed by atoms with Gasteiger partial charge in [0.25, 0.3) is 5.56 Å². The number of unbranched alkanes of at least 4 members (excludes halogenated alkanes) is 3. The molecule has 7 nitrogen and oxygen atoms in total. The maximum atomic E-state index is 13.6. The van der Waals surface area contributed by atoms with E-state index in [-0.39, 0.29) is 29.1 Å². The van der Waals surface area contributed by atoms with Gasteiger partial charge in [-0.25, -0.2) is 9.07 Å². The van der Waals surface area contributed by atoms with Gasteiger partial charge in [-0.2, -0.15) is 10.4 Å². The summed E-state index contributed by atoms with van der Waals surface area (Å²) >= 11 is 0. The number of nitriles is 1. The number of aromatic nitrogens is 3. The Kier molecular flexibility index (Phi) is 8.52. The predicted molar refractivity (Wildman–Crippen MR) is 148 cm³/mol. The van der Waals surface area contributed by atoms with Crippen LogP contribution in [0.4, 0.5) is 4.39 Å². The number of carbonyl (C=O) groups excluding carboxylic acids is 1. The van der Waals surface area contributed by atoms with Crippen molar-refractivity contribution in [1.82, 2.24) is 14.3 Å². The molecule has 0 atom stereocenters. The summed E-state index contributed by atoms with van der Waals surface area (Å²) in [4.78, 5) is 26.2. The standard InChI is InChI=1S/C31H29FN4O3/c1-3-4-5-9-18-35-30(38)26(19-33)21(2)28(31(35)39)27(37)17-14-23-20-36(25-10-7-6-8-11-25)34-29(23)22-12-15-24(32)16-13-22/h6-8,10-17,20,39H,3-5,9,18H2,1-2H3/b17-14+. The topological polar surface area (TPSA) is 101 Å². The quantitative estimate of drug-likeness (QED) is 0.151. The van der Waals surface area contributed by atoms with Gasteiger partial charge in [-0.1, -0.05) is 44.4 Å². The van der Waals surface area contributed by atoms with E-state index in [1.807, 2.05) is 36.4 Å². The number of nitrogens with zero attached hydrogens (tertiary/aromatic N) is 4. The Bertz CT molecular complexity index is 1610. The number of ketones is 1. The number of allylic oxidation sites excluding steroid dienone is 1. The van der Waals surface area contributed by atoms with Gasteiger partial charge >= 0.3 is 0 Å². The van der Waals surface area contributed by atoms with E-state index >= 15 is 0 Å². The van der Waals surface area contributed by atoms with Crippen molar-refractivity contribution in [2.24, 2.45) is 0 Å². The Morgan fingerprint density at radius 3 is 2.49 bits per heavy atom. The summed E-state index contributed by atoms with van der Waals surface area (Å²) in [5.41, 5.74) is 1.86. The maximum Gasteiger partial charge on any atom is 0.271 e. The SMILES string of the molecule is CCCCCCn1c(O)c(C(=O)/C=C/c2cn(-c3ccccc3)nc2-c2ccc(F)cc2)c(C)c(C#N)c1=O. The van der Waals surface area contributed by atoms with E-state index in [1.54, 1.807) is 29.1 Å². The average Bonchev–Trinajstić information content (AvgIpc) is 3.37. The fourth-order valence-electron chi connectivity index (χ4n) is 4.45. The Hall–Kier alpha value is -4.77. The molecule has 2 aromatic heterocycles. The minimum Gasteiger partial charge on any atom is -0.494 e. The first-order valence-electron chi connectivity index (χ1n) is 12.9. The zero-order valence-electron chi connectivity index (χ0n) is 21.9. The van der Waals surface area contributed by atoms with Crippen LogP contribution in [-0.2, 0) is 6.54 Å². The van der Waals surface area contributed by atoms with Crippen LogP contribution >= 0.6 is 0 Å². The first-order chi connectivity index (χ1) is 18.8. The average molecular weight is 525 g/mol. The van der Waals surface area contributed by atoms with E-state index in [2.05, 4.69) is 12.0 Å². The fraction of sp³-hybridized carbons (Fsp3) is 0.226. The zero-order valence-corrected chi connectivity index (χ0v) is 21.9. The van der Waals surface area contributed by atoms with Gasteiger partial charge in [0.15, 0.2) is 5.78 Å². The van der Waals surface area contributed by atoms with Crippen LogP contribution in [0.2, 0.25) is 0 Å². The first kappa shape index (κ1) is 27.3. The van der Waals surface area contributed by atoms with Gasteiger partial charge in [0, 0.05) is 23.9 Å². The molecule has 0 radical (unpaired) electrons. The Morgan fingerprint density at radius 2 is 1.82 bits per heavy atom. The molecule has 0 unspecified atom stereocenters. The van der Waals surface area contributed by atoms with Crippen molar-refractivity contribution in [1.29, 1.82) is 5.26 Å². The molecule has 0 fully saturated rings. The second kappa shape index (κ2) is 12.2. The predicted octanol–water partition coefficient (Wildman–Crippen LogP) is 6.20. The van der Waals surface area contributed by atoms with Gasteiger partial charge in [-0.3, -0.25) is 14.2 Å². The van der Waals surface area contributed by atoms with Crippen molar-refractivity contribution in [3.63, 3.8) is 0 Å². The molecule has 0 aliphatic heterocycles. The van der Waals surface area contributed by atoms with E-state index in [9.17, 15) is 24.3 Å². The highest BCUT2D eigenvalue weighted by Gasteiger charge is 2.23. The number of benzene rings is 2. The number of hydrogen-bond donors (Lipinski definition) is 1. The van der Waals surface area contributed by atoms with E-state index in [0.717, 1.165) is 29.5 Å². The summed E-state index contributed by atoms with van der Waals surface area (Å²) < 4.78 is 16.3. The molecule has 2 heterocycles. The molecule has 0 amide bonds. The smallest absolute Gasteiger partial charge is 0.271 e. The fourth-order valence-corrected chi connectivity index (χ4v) is 4.45. The third kappa shape index (κ3) is 5.88. The molecule has 0 spiro atoms. The van der Waals surface area contributed by atoms with Gasteiger partial charge in [-0.15, -0.1) is 0 Å². The molecule has 0 saturated heterocycles. The Labute approximate surface area is 226 Å². The normalized spacial score (nSPS) is 11.1. The van der Waals surface area contributed by atoms with Crippen molar-refractivity contribution in [3.05, 3.63) is 105 Å². The van der Waals surface area contributed by atoms with Crippen LogP contribution in [0.15, 0.2) is 71.7 Å². The lowest BCUT2D eigenvalue weighted by molar-refractivity contribution is 0.104. The molecule has 0 saturated carbocycles. The largest absolute Gasteiger partial charge is 0.494 e. The molecular formula is C31H29FN4O3. The molecule has 2 aromatic carbocycles. The number of carbonyl (C=O) groups is 1. The number of para-hydroxylation sites is 1. The lowest BCUT2D eigenvalue weighted by atomic mass is 10.0. The van der Waals surface area contributed by atoms with E-state index in [4.69, 9.17) is 0 Å². The molecule has 1 N–H and O–H groups in total. The maximum absolute atomic E-state index is 13.6. The van der Waals surface area contributed by atoms with E-state index in [0.29, 0.717) is 23.2 Å². The van der Waals surface area contributed by atoms with Crippen LogP contribution in [0.25, 0.3) is 23.0 Å². The van der Waals surface area contributed by atoms with Crippen LogP contribution < -0.4 is 5.56 Å². The summed E-state index contributed by atoms with van der Waals surface area (Å²) in [6.45, 7) is 3.76. The van der Waals surface area contributed by atoms with Crippen molar-refractivity contribution in [2.45, 2.75) is 46.1 Å². The number of aromatic hydroxyl groups is 1. The molecule has 0 bridgehead atoms. The van der Waals surface area contributed by atoms with Crippen LogP contribution in [0.3, 0.4) is 0 Å². The molecule has 4 aromatic rings. The van der Waals surface area contributed by atoms with Crippen LogP contribution in [0, 0.1) is 24.1 Å². The van der Waals surface area contributed by atoms with Gasteiger partial charge in [-0.05, 0) is 67.5 Å². The van der Waals surface area contributed by atoms with Gasteiger partial charge in [0.2, 0.25) is 5.88 Å². The first-order valence-corrected chi connectivity index (χ1v) is 12.9. The third-order valence-electron chi connectivity index (χ3n) is 6.58. The molecule has 8 heteroatoms. The van der Waals surface area contributed by atoms with E-state index < -0.39 is 17.2 Å². The highest BCUT2D eigenvalue weighted by Crippen LogP contribution is 2.27. The van der Waals surface area contributed by atoms with Gasteiger partial charge in [0.1, 0.15) is 17.4 Å². The third-order valence-corrected chi connectivity index (χ3v) is 6.58. The molecule has 39 heavy (non-hydrogen) atoms. The summed E-state index contributed by atoms with van der Waals surface area (Å²) in [5, 5.41) is 25.2. The van der Waals surface area contributed by atoms with Crippen molar-refractivity contribution >= 4 is 11.9 Å². The number of halogens is 1. The summed E-state index contributed by atoms with van der Waals surface area (Å²) in [6, 6.07) is 17.2. The van der Waals surface area contributed by atoms with Gasteiger partial charge < -0.3 is 5.11 Å². The molecular weight excluding hydrogens is 495 g/mol. The number of pyridine rings is 1. The Morgan fingerprint density at radius 1 is 1.10 bits per heavy atom. The second-order valence-corrected chi connectivity index (χ2v) is 9.25. The minimum atomic E-state index is -0.604. The lowest BCUT2D eigenvalue weighted by Crippen LogP contribution is -2.26. The van der Waals surface area contributed by atoms with E-state index in [1.165, 1.54) is 25.1 Å². The second-order valence-electron chi connectivity index (χ2n) is 9.25. The molecule has 4 rings (SSSR count). The molecule has 0 aliphatic rings. The highest BCUT2D eigenvalue weighted by atomic mass is 19.1. The van der Waals surface area contributed by atoms with Crippen molar-refractivity contribution < 1.29 is 14.3 Å². The highest BCUT2D eigenvalue weighted by molar-refractivity contribution is 6.09. The Balaban J connectivity index is 1.75. The molecule has 0 aliphatic carbocycles. The summed E-state index contributed by atoms with van der Waals surface area (Å²) in [5.74, 6) is -1.37. The van der Waals surface area contributed by atoms with Crippen LogP contribution in [0.1, 0.15) is 59.7 Å². The molecule has 198 valence electrons. The van der Waals surface area contributed by atoms with Crippen LogP contribution in [-0.4, -0.2) is 25.2 Å². The van der Waals surface area contributed by atoms with Crippen molar-refractivity contribution in [3.8, 4) is 28.9 Å². The lowest BCUT2D eigenvalue weighted by Gasteiger charge is -2.14.